The number of nitrogens with zero attached hydrogens (tertiary/aromatic N) is 4. The van der Waals surface area contributed by atoms with E-state index in [4.69, 9.17) is 17.0 Å². The van der Waals surface area contributed by atoms with Crippen molar-refractivity contribution in [1.82, 2.24) is 14.8 Å². The number of thiocarbonyl (C=S) groups is 1. The van der Waals surface area contributed by atoms with Gasteiger partial charge in [0.25, 0.3) is 5.91 Å². The van der Waals surface area contributed by atoms with Crippen molar-refractivity contribution < 1.29 is 18.7 Å². The van der Waals surface area contributed by atoms with Crippen LogP contribution in [-0.2, 0) is 21.7 Å². The topological polar surface area (TPSA) is 66.0 Å². The fraction of sp³-hybridized carbons (Fsp3) is 0.286. The quantitative estimate of drug-likeness (QED) is 0.458. The van der Waals surface area contributed by atoms with Crippen LogP contribution in [0, 0.1) is 5.82 Å². The molecule has 2 spiro atoms. The molecule has 3 aliphatic heterocycles. The van der Waals surface area contributed by atoms with Crippen molar-refractivity contribution in [3.8, 4) is 5.75 Å². The van der Waals surface area contributed by atoms with Gasteiger partial charge < -0.3 is 9.64 Å². The van der Waals surface area contributed by atoms with Crippen LogP contribution in [0.2, 0.25) is 0 Å². The molecule has 0 N–H and O–H groups in total. The average Bonchev–Trinajstić information content (AvgIpc) is 3.43. The van der Waals surface area contributed by atoms with E-state index in [1.54, 1.807) is 31.3 Å². The van der Waals surface area contributed by atoms with E-state index in [1.165, 1.54) is 28.8 Å². The number of fused-ring (bicyclic) bond motifs is 3. The minimum absolute atomic E-state index is 0.241. The van der Waals surface area contributed by atoms with Crippen LogP contribution in [0.3, 0.4) is 0 Å². The van der Waals surface area contributed by atoms with Gasteiger partial charge in [0.1, 0.15) is 20.6 Å². The number of likely N-dealkylation sites (N-methyl/N-ethyl adjacent to an activating group) is 2. The number of anilines is 1. The molecule has 2 saturated heterocycles. The number of amides is 2. The lowest BCUT2D eigenvalue weighted by atomic mass is 9.72. The smallest absolute Gasteiger partial charge is 0.254 e. The number of thioether (sulfide) groups is 1. The van der Waals surface area contributed by atoms with Crippen molar-refractivity contribution >= 4 is 45.8 Å². The van der Waals surface area contributed by atoms with E-state index in [2.05, 4.69) is 4.98 Å². The lowest BCUT2D eigenvalue weighted by Gasteiger charge is -2.42. The fourth-order valence-electron chi connectivity index (χ4n) is 6.26. The molecule has 3 aromatic rings. The van der Waals surface area contributed by atoms with Crippen LogP contribution in [-0.4, -0.2) is 63.4 Å². The molecular formula is C28H25FN4O3S2. The Balaban J connectivity index is 1.56. The van der Waals surface area contributed by atoms with Crippen LogP contribution in [0.5, 0.6) is 5.75 Å². The van der Waals surface area contributed by atoms with Crippen LogP contribution < -0.4 is 9.64 Å². The van der Waals surface area contributed by atoms with E-state index in [0.29, 0.717) is 33.6 Å². The molecule has 6 rings (SSSR count). The molecule has 38 heavy (non-hydrogen) atoms. The SMILES string of the molecule is COc1ccc(CN2C(=O)[C@]3(SC2=S)[C@@H](c2ccccn2)CN(C)[C@]32C(=O)N(C)c3ccc(F)cc32)cc1. The zero-order chi connectivity index (χ0) is 26.8. The summed E-state index contributed by atoms with van der Waals surface area (Å²) in [5, 5.41) is 0. The van der Waals surface area contributed by atoms with E-state index in [1.807, 2.05) is 54.4 Å². The number of pyridine rings is 1. The van der Waals surface area contributed by atoms with Gasteiger partial charge in [0.05, 0.1) is 13.7 Å². The van der Waals surface area contributed by atoms with Crippen molar-refractivity contribution in [2.75, 3.05) is 32.6 Å². The predicted molar refractivity (Wildman–Crippen MR) is 148 cm³/mol. The van der Waals surface area contributed by atoms with Crippen LogP contribution >= 0.6 is 24.0 Å². The lowest BCUT2D eigenvalue weighted by Crippen LogP contribution is -2.62. The summed E-state index contributed by atoms with van der Waals surface area (Å²) in [5.74, 6) is -0.795. The number of carbonyl (C=O) groups excluding carboxylic acids is 2. The van der Waals surface area contributed by atoms with Crippen molar-refractivity contribution in [3.05, 3.63) is 89.5 Å². The van der Waals surface area contributed by atoms with E-state index in [9.17, 15) is 14.0 Å². The summed E-state index contributed by atoms with van der Waals surface area (Å²) >= 11 is 7.06. The Kier molecular flexibility index (Phi) is 5.82. The number of rotatable bonds is 4. The molecule has 0 aliphatic carbocycles. The number of methoxy groups -OCH3 is 1. The summed E-state index contributed by atoms with van der Waals surface area (Å²) in [6.45, 7) is 0.607. The molecule has 0 saturated carbocycles. The number of likely N-dealkylation sites (tertiary alicyclic amines) is 1. The van der Waals surface area contributed by atoms with Gasteiger partial charge in [-0.2, -0.15) is 0 Å². The minimum Gasteiger partial charge on any atom is -0.497 e. The van der Waals surface area contributed by atoms with Crippen LogP contribution in [0.4, 0.5) is 10.1 Å². The molecule has 2 aromatic carbocycles. The number of aromatic nitrogens is 1. The summed E-state index contributed by atoms with van der Waals surface area (Å²) in [7, 11) is 5.08. The Morgan fingerprint density at radius 2 is 1.87 bits per heavy atom. The van der Waals surface area contributed by atoms with Crippen molar-refractivity contribution in [1.29, 1.82) is 0 Å². The molecule has 2 amide bonds. The standard InChI is InChI=1S/C28H25FN4O3S2/c1-31-16-21(22-6-4-5-13-30-22)28(27(31)20-14-18(29)9-12-23(20)32(2)24(27)34)25(35)33(26(37)38-28)15-17-7-10-19(36-3)11-8-17/h4-14,21H,15-16H2,1-3H3/t21-,27-,28-/m1/s1. The van der Waals surface area contributed by atoms with Gasteiger partial charge in [0, 0.05) is 42.7 Å². The van der Waals surface area contributed by atoms with Crippen molar-refractivity contribution in [2.24, 2.45) is 0 Å². The lowest BCUT2D eigenvalue weighted by molar-refractivity contribution is -0.139. The summed E-state index contributed by atoms with van der Waals surface area (Å²) in [4.78, 5) is 38.7. The van der Waals surface area contributed by atoms with Gasteiger partial charge in [0.15, 0.2) is 5.54 Å². The third kappa shape index (κ3) is 3.17. The van der Waals surface area contributed by atoms with E-state index >= 15 is 0 Å². The highest BCUT2D eigenvalue weighted by Gasteiger charge is 2.78. The molecule has 2 fully saturated rings. The maximum atomic E-state index is 14.8. The zero-order valence-corrected chi connectivity index (χ0v) is 22.7. The third-order valence-electron chi connectivity index (χ3n) is 7.96. The van der Waals surface area contributed by atoms with Crippen molar-refractivity contribution in [3.63, 3.8) is 0 Å². The first-order chi connectivity index (χ1) is 18.3. The van der Waals surface area contributed by atoms with Gasteiger partial charge >= 0.3 is 0 Å². The Morgan fingerprint density at radius 1 is 1.11 bits per heavy atom. The molecule has 0 unspecified atom stereocenters. The minimum atomic E-state index is -1.47. The second-order valence-corrected chi connectivity index (χ2v) is 11.6. The maximum Gasteiger partial charge on any atom is 0.254 e. The van der Waals surface area contributed by atoms with Gasteiger partial charge in [-0.1, -0.05) is 42.2 Å². The molecular weight excluding hydrogens is 523 g/mol. The maximum absolute atomic E-state index is 14.8. The molecule has 3 aliphatic rings. The molecule has 0 bridgehead atoms. The first kappa shape index (κ1) is 25.0. The highest BCUT2D eigenvalue weighted by molar-refractivity contribution is 8.25. The van der Waals surface area contributed by atoms with Crippen molar-refractivity contribution in [2.45, 2.75) is 22.7 Å². The summed E-state index contributed by atoms with van der Waals surface area (Å²) in [6, 6.07) is 17.3. The number of hydrogen-bond donors (Lipinski definition) is 0. The molecule has 194 valence electrons. The molecule has 7 nitrogen and oxygen atoms in total. The summed E-state index contributed by atoms with van der Waals surface area (Å²) in [5.41, 5.74) is 1.14. The highest BCUT2D eigenvalue weighted by atomic mass is 32.2. The molecule has 1 aromatic heterocycles. The van der Waals surface area contributed by atoms with Gasteiger partial charge in [-0.05, 0) is 55.1 Å². The van der Waals surface area contributed by atoms with Crippen LogP contribution in [0.25, 0.3) is 0 Å². The largest absolute Gasteiger partial charge is 0.497 e. The molecule has 3 atom stereocenters. The fourth-order valence-corrected chi connectivity index (χ4v) is 8.37. The highest BCUT2D eigenvalue weighted by Crippen LogP contribution is 2.66. The van der Waals surface area contributed by atoms with E-state index in [-0.39, 0.29) is 18.4 Å². The average molecular weight is 549 g/mol. The molecule has 10 heteroatoms. The molecule has 0 radical (unpaired) electrons. The second kappa shape index (κ2) is 8.86. The number of hydrogen-bond acceptors (Lipinski definition) is 7. The Hall–Kier alpha value is -3.34. The first-order valence-corrected chi connectivity index (χ1v) is 13.4. The number of halogens is 1. The Morgan fingerprint density at radius 3 is 2.55 bits per heavy atom. The first-order valence-electron chi connectivity index (χ1n) is 12.1. The molecule has 4 heterocycles. The van der Waals surface area contributed by atoms with Crippen LogP contribution in [0.15, 0.2) is 66.9 Å². The van der Waals surface area contributed by atoms with Gasteiger partial charge in [-0.3, -0.25) is 24.4 Å². The van der Waals surface area contributed by atoms with E-state index < -0.39 is 22.0 Å². The third-order valence-corrected chi connectivity index (χ3v) is 9.90. The van der Waals surface area contributed by atoms with Gasteiger partial charge in [-0.25, -0.2) is 4.39 Å². The summed E-state index contributed by atoms with van der Waals surface area (Å²) < 4.78 is 19.0. The normalized spacial score (nSPS) is 26.7. The van der Waals surface area contributed by atoms with E-state index in [0.717, 1.165) is 5.56 Å². The zero-order valence-electron chi connectivity index (χ0n) is 21.1. The number of benzene rings is 2. The summed E-state index contributed by atoms with van der Waals surface area (Å²) in [6.07, 6.45) is 1.68. The van der Waals surface area contributed by atoms with Crippen LogP contribution in [0.1, 0.15) is 22.7 Å². The Labute approximate surface area is 229 Å². The number of carbonyl (C=O) groups is 2. The predicted octanol–water partition coefficient (Wildman–Crippen LogP) is 3.93. The Bertz CT molecular complexity index is 1470. The number of ether oxygens (including phenoxy) is 1. The monoisotopic (exact) mass is 548 g/mol. The second-order valence-electron chi connectivity index (χ2n) is 9.77. The van der Waals surface area contributed by atoms with Gasteiger partial charge in [0.2, 0.25) is 5.91 Å². The van der Waals surface area contributed by atoms with Gasteiger partial charge in [-0.15, -0.1) is 0 Å².